The Morgan fingerprint density at radius 3 is 2.94 bits per heavy atom. The van der Waals surface area contributed by atoms with Gasteiger partial charge in [-0.1, -0.05) is 0 Å². The Bertz CT molecular complexity index is 360. The van der Waals surface area contributed by atoms with Crippen molar-refractivity contribution in [1.82, 2.24) is 4.98 Å². The largest absolute Gasteiger partial charge is 0.396 e. The van der Waals surface area contributed by atoms with Crippen LogP contribution in [-0.2, 0) is 20.3 Å². The lowest BCUT2D eigenvalue weighted by molar-refractivity contribution is 0.112. The number of ether oxygens (including phenoxy) is 2. The Hall–Kier alpha value is -0.980. The first-order chi connectivity index (χ1) is 8.25. The summed E-state index contributed by atoms with van der Waals surface area (Å²) in [6.07, 6.45) is 3.94. The Labute approximate surface area is 104 Å². The molecule has 0 aliphatic carbocycles. The van der Waals surface area contributed by atoms with E-state index in [0.29, 0.717) is 36.2 Å². The number of nitrogens with two attached hydrogens (primary N) is 1. The second kappa shape index (κ2) is 8.16. The maximum atomic E-state index is 11.9. The van der Waals surface area contributed by atoms with E-state index in [1.54, 1.807) is 19.4 Å². The number of hydrogen-bond acceptors (Lipinski definition) is 5. The summed E-state index contributed by atoms with van der Waals surface area (Å²) in [6, 6.07) is 1.68. The van der Waals surface area contributed by atoms with Gasteiger partial charge >= 0.3 is 0 Å². The second-order valence-corrected chi connectivity index (χ2v) is 4.96. The molecule has 0 aliphatic heterocycles. The minimum Gasteiger partial charge on any atom is -0.396 e. The van der Waals surface area contributed by atoms with Crippen molar-refractivity contribution in [3.05, 3.63) is 18.5 Å². The minimum absolute atomic E-state index is 0.446. The van der Waals surface area contributed by atoms with Gasteiger partial charge in [0, 0.05) is 26.5 Å². The SMILES string of the molecule is COCCCOCCS(=O)c1ccncc1N. The van der Waals surface area contributed by atoms with Gasteiger partial charge in [0.05, 0.1) is 39.9 Å². The van der Waals surface area contributed by atoms with Crippen LogP contribution < -0.4 is 5.73 Å². The third-order valence-corrected chi connectivity index (χ3v) is 3.51. The van der Waals surface area contributed by atoms with Gasteiger partial charge in [-0.15, -0.1) is 0 Å². The van der Waals surface area contributed by atoms with Gasteiger partial charge in [-0.25, -0.2) is 0 Å². The molecule has 0 bridgehead atoms. The van der Waals surface area contributed by atoms with Gasteiger partial charge in [-0.3, -0.25) is 9.19 Å². The summed E-state index contributed by atoms with van der Waals surface area (Å²) < 4.78 is 22.1. The molecule has 5 nitrogen and oxygen atoms in total. The van der Waals surface area contributed by atoms with Crippen LogP contribution in [0, 0.1) is 0 Å². The fourth-order valence-corrected chi connectivity index (χ4v) is 2.27. The summed E-state index contributed by atoms with van der Waals surface area (Å²) >= 11 is 0. The van der Waals surface area contributed by atoms with Gasteiger partial charge in [-0.05, 0) is 12.5 Å². The van der Waals surface area contributed by atoms with Crippen LogP contribution in [0.5, 0.6) is 0 Å². The van der Waals surface area contributed by atoms with Gasteiger partial charge in [0.15, 0.2) is 0 Å². The van der Waals surface area contributed by atoms with Crippen molar-refractivity contribution in [3.63, 3.8) is 0 Å². The summed E-state index contributed by atoms with van der Waals surface area (Å²) in [6.45, 7) is 1.76. The molecular formula is C11H18N2O3S. The summed E-state index contributed by atoms with van der Waals surface area (Å²) in [7, 11) is 0.531. The number of nitrogens with zero attached hydrogens (tertiary/aromatic N) is 1. The fourth-order valence-electron chi connectivity index (χ4n) is 1.25. The molecular weight excluding hydrogens is 240 g/mol. The summed E-state index contributed by atoms with van der Waals surface area (Å²) in [4.78, 5) is 4.48. The van der Waals surface area contributed by atoms with E-state index in [9.17, 15) is 4.21 Å². The van der Waals surface area contributed by atoms with Crippen molar-refractivity contribution >= 4 is 16.5 Å². The zero-order chi connectivity index (χ0) is 12.5. The van der Waals surface area contributed by atoms with Gasteiger partial charge in [0.2, 0.25) is 0 Å². The number of aromatic nitrogens is 1. The van der Waals surface area contributed by atoms with E-state index in [2.05, 4.69) is 4.98 Å². The van der Waals surface area contributed by atoms with Crippen molar-refractivity contribution in [3.8, 4) is 0 Å². The van der Waals surface area contributed by atoms with Gasteiger partial charge in [0.25, 0.3) is 0 Å². The standard InChI is InChI=1S/C11H18N2O3S/c1-15-5-2-6-16-7-8-17(14)11-3-4-13-9-10(11)12/h3-4,9H,2,5-8,12H2,1H3. The van der Waals surface area contributed by atoms with Crippen molar-refractivity contribution in [2.75, 3.05) is 38.4 Å². The van der Waals surface area contributed by atoms with Crippen molar-refractivity contribution < 1.29 is 13.7 Å². The molecule has 0 spiro atoms. The molecule has 0 saturated heterocycles. The highest BCUT2D eigenvalue weighted by atomic mass is 32.2. The predicted octanol–water partition coefficient (Wildman–Crippen LogP) is 0.825. The number of methoxy groups -OCH3 is 1. The van der Waals surface area contributed by atoms with Gasteiger partial charge in [-0.2, -0.15) is 0 Å². The Morgan fingerprint density at radius 2 is 2.24 bits per heavy atom. The van der Waals surface area contributed by atoms with E-state index >= 15 is 0 Å². The third-order valence-electron chi connectivity index (χ3n) is 2.11. The number of nitrogen functional groups attached to an aromatic ring is 1. The van der Waals surface area contributed by atoms with Crippen LogP contribution in [0.2, 0.25) is 0 Å². The van der Waals surface area contributed by atoms with Crippen LogP contribution in [-0.4, -0.2) is 41.9 Å². The molecule has 1 aromatic heterocycles. The van der Waals surface area contributed by atoms with Crippen LogP contribution in [0.25, 0.3) is 0 Å². The first-order valence-corrected chi connectivity index (χ1v) is 6.72. The molecule has 1 atom stereocenters. The monoisotopic (exact) mass is 258 g/mol. The summed E-state index contributed by atoms with van der Waals surface area (Å²) in [5.74, 6) is 0.446. The molecule has 1 rings (SSSR count). The smallest absolute Gasteiger partial charge is 0.0664 e. The van der Waals surface area contributed by atoms with E-state index in [-0.39, 0.29) is 0 Å². The van der Waals surface area contributed by atoms with Crippen LogP contribution in [0.3, 0.4) is 0 Å². The molecule has 17 heavy (non-hydrogen) atoms. The van der Waals surface area contributed by atoms with E-state index in [1.165, 1.54) is 6.20 Å². The van der Waals surface area contributed by atoms with Crippen LogP contribution in [0.1, 0.15) is 6.42 Å². The molecule has 0 aliphatic rings. The molecule has 2 N–H and O–H groups in total. The van der Waals surface area contributed by atoms with Gasteiger partial charge < -0.3 is 15.2 Å². The third kappa shape index (κ3) is 5.25. The highest BCUT2D eigenvalue weighted by molar-refractivity contribution is 7.85. The Balaban J connectivity index is 2.24. The average molecular weight is 258 g/mol. The molecule has 0 saturated carbocycles. The Morgan fingerprint density at radius 1 is 1.41 bits per heavy atom. The van der Waals surface area contributed by atoms with Crippen molar-refractivity contribution in [1.29, 1.82) is 0 Å². The summed E-state index contributed by atoms with van der Waals surface area (Å²) in [5.41, 5.74) is 6.14. The Kier molecular flexibility index (Phi) is 6.76. The molecule has 1 heterocycles. The minimum atomic E-state index is -1.12. The normalized spacial score (nSPS) is 12.5. The maximum Gasteiger partial charge on any atom is 0.0664 e. The zero-order valence-corrected chi connectivity index (χ0v) is 10.7. The van der Waals surface area contributed by atoms with Crippen molar-refractivity contribution in [2.24, 2.45) is 0 Å². The first-order valence-electron chi connectivity index (χ1n) is 5.40. The van der Waals surface area contributed by atoms with E-state index in [4.69, 9.17) is 15.2 Å². The number of anilines is 1. The maximum absolute atomic E-state index is 11.9. The summed E-state index contributed by atoms with van der Waals surface area (Å²) in [5, 5.41) is 0. The first kappa shape index (κ1) is 14.1. The lowest BCUT2D eigenvalue weighted by atomic mass is 10.4. The molecule has 1 aromatic rings. The molecule has 0 fully saturated rings. The zero-order valence-electron chi connectivity index (χ0n) is 9.93. The number of pyridine rings is 1. The van der Waals surface area contributed by atoms with Gasteiger partial charge in [0.1, 0.15) is 0 Å². The van der Waals surface area contributed by atoms with E-state index in [0.717, 1.165) is 6.42 Å². The topological polar surface area (TPSA) is 74.4 Å². The number of hydrogen-bond donors (Lipinski definition) is 1. The number of rotatable bonds is 8. The molecule has 6 heteroatoms. The molecule has 1 unspecified atom stereocenters. The highest BCUT2D eigenvalue weighted by Gasteiger charge is 2.07. The molecule has 0 amide bonds. The van der Waals surface area contributed by atoms with Crippen molar-refractivity contribution in [2.45, 2.75) is 11.3 Å². The lowest BCUT2D eigenvalue weighted by Crippen LogP contribution is -2.09. The average Bonchev–Trinajstić information content (AvgIpc) is 2.34. The van der Waals surface area contributed by atoms with Crippen LogP contribution in [0.4, 0.5) is 5.69 Å². The lowest BCUT2D eigenvalue weighted by Gasteiger charge is -2.06. The predicted molar refractivity (Wildman–Crippen MR) is 67.2 cm³/mol. The molecule has 0 radical (unpaired) electrons. The second-order valence-electron chi connectivity index (χ2n) is 3.42. The van der Waals surface area contributed by atoms with Crippen LogP contribution >= 0.6 is 0 Å². The fraction of sp³-hybridized carbons (Fsp3) is 0.545. The molecule has 0 aromatic carbocycles. The van der Waals surface area contributed by atoms with Crippen LogP contribution in [0.15, 0.2) is 23.4 Å². The quantitative estimate of drug-likeness (QED) is 0.699. The molecule has 96 valence electrons. The highest BCUT2D eigenvalue weighted by Crippen LogP contribution is 2.13. The van der Waals surface area contributed by atoms with E-state index in [1.807, 2.05) is 0 Å². The van der Waals surface area contributed by atoms with E-state index < -0.39 is 10.8 Å².